The molecule has 3 rings (SSSR count). The van der Waals surface area contributed by atoms with Crippen molar-refractivity contribution in [3.63, 3.8) is 0 Å². The molecule has 144 valence electrons. The molecule has 0 heterocycles. The van der Waals surface area contributed by atoms with Crippen molar-refractivity contribution >= 4 is 18.6 Å². The second-order valence-electron chi connectivity index (χ2n) is 6.31. The first-order valence-corrected chi connectivity index (χ1v) is 9.20. The van der Waals surface area contributed by atoms with Gasteiger partial charge in [-0.2, -0.15) is 0 Å². The van der Waals surface area contributed by atoms with Gasteiger partial charge in [-0.1, -0.05) is 60.1 Å². The Morgan fingerprint density at radius 1 is 0.667 bits per heavy atom. The normalized spacial score (nSPS) is 9.23. The van der Waals surface area contributed by atoms with Gasteiger partial charge in [-0.15, -0.1) is 0 Å². The van der Waals surface area contributed by atoms with Crippen molar-refractivity contribution in [1.29, 1.82) is 0 Å². The molecule has 0 aromatic heterocycles. The molecule has 3 nitrogen and oxygen atoms in total. The number of methoxy groups -OCH3 is 1. The van der Waals surface area contributed by atoms with E-state index in [1.165, 1.54) is 0 Å². The summed E-state index contributed by atoms with van der Waals surface area (Å²) in [5.74, 6) is 13.2. The fourth-order valence-corrected chi connectivity index (χ4v) is 2.54. The Balaban J connectivity index is 1.94. The zero-order valence-electron chi connectivity index (χ0n) is 16.4. The van der Waals surface area contributed by atoms with Gasteiger partial charge in [-0.05, 0) is 48.0 Å². The zero-order chi connectivity index (χ0) is 21.2. The van der Waals surface area contributed by atoms with Crippen molar-refractivity contribution in [2.45, 2.75) is 0 Å². The first-order chi connectivity index (χ1) is 14.7. The quantitative estimate of drug-likeness (QED) is 0.474. The van der Waals surface area contributed by atoms with Crippen LogP contribution in [0.1, 0.15) is 37.4 Å². The Morgan fingerprint density at radius 2 is 1.10 bits per heavy atom. The minimum Gasteiger partial charge on any atom is -0.497 e. The SMILES string of the molecule is COc1ccc(C=C(C#Cc2ccc(C=O)cc2)C#Cc2ccc(C=O)cc2)cc1. The summed E-state index contributed by atoms with van der Waals surface area (Å²) in [6, 6.07) is 21.7. The predicted molar refractivity (Wildman–Crippen MR) is 118 cm³/mol. The van der Waals surface area contributed by atoms with Crippen LogP contribution in [0.25, 0.3) is 6.08 Å². The largest absolute Gasteiger partial charge is 0.497 e. The lowest BCUT2D eigenvalue weighted by Crippen LogP contribution is -1.84. The average Bonchev–Trinajstić information content (AvgIpc) is 2.82. The number of allylic oxidation sites excluding steroid dienone is 1. The highest BCUT2D eigenvalue weighted by Gasteiger charge is 1.95. The van der Waals surface area contributed by atoms with Gasteiger partial charge in [0.05, 0.1) is 12.7 Å². The Hall–Kier alpha value is -4.34. The molecule has 0 unspecified atom stereocenters. The maximum Gasteiger partial charge on any atom is 0.150 e. The van der Waals surface area contributed by atoms with Crippen molar-refractivity contribution in [3.05, 3.63) is 106 Å². The van der Waals surface area contributed by atoms with Gasteiger partial charge in [-0.25, -0.2) is 0 Å². The number of hydrogen-bond donors (Lipinski definition) is 0. The van der Waals surface area contributed by atoms with E-state index in [2.05, 4.69) is 23.7 Å². The molecule has 3 heteroatoms. The number of benzene rings is 3. The summed E-state index contributed by atoms with van der Waals surface area (Å²) in [6.07, 6.45) is 3.50. The highest BCUT2D eigenvalue weighted by Crippen LogP contribution is 2.14. The van der Waals surface area contributed by atoms with Gasteiger partial charge in [0.15, 0.2) is 0 Å². The first kappa shape index (κ1) is 20.4. The lowest BCUT2D eigenvalue weighted by molar-refractivity contribution is 0.111. The summed E-state index contributed by atoms with van der Waals surface area (Å²) >= 11 is 0. The fourth-order valence-electron chi connectivity index (χ4n) is 2.54. The number of carbonyl (C=O) groups is 2. The summed E-state index contributed by atoms with van der Waals surface area (Å²) in [5.41, 5.74) is 4.37. The van der Waals surface area contributed by atoms with Gasteiger partial charge < -0.3 is 4.74 Å². The maximum atomic E-state index is 10.8. The zero-order valence-corrected chi connectivity index (χ0v) is 16.4. The fraction of sp³-hybridized carbons (Fsp3) is 0.0370. The van der Waals surface area contributed by atoms with E-state index >= 15 is 0 Å². The minimum absolute atomic E-state index is 0.605. The molecule has 0 saturated heterocycles. The lowest BCUT2D eigenvalue weighted by atomic mass is 10.1. The van der Waals surface area contributed by atoms with E-state index in [9.17, 15) is 9.59 Å². The third-order valence-corrected chi connectivity index (χ3v) is 4.20. The van der Waals surface area contributed by atoms with E-state index in [0.717, 1.165) is 35.0 Å². The van der Waals surface area contributed by atoms with E-state index in [1.54, 1.807) is 55.6 Å². The molecule has 0 amide bonds. The molecular formula is C27H18O3. The van der Waals surface area contributed by atoms with E-state index in [0.29, 0.717) is 16.7 Å². The van der Waals surface area contributed by atoms with Gasteiger partial charge in [0.1, 0.15) is 18.3 Å². The molecular weight excluding hydrogens is 372 g/mol. The van der Waals surface area contributed by atoms with Crippen LogP contribution < -0.4 is 4.74 Å². The Morgan fingerprint density at radius 3 is 1.50 bits per heavy atom. The molecule has 0 atom stereocenters. The van der Waals surface area contributed by atoms with E-state index < -0.39 is 0 Å². The Labute approximate surface area is 176 Å². The van der Waals surface area contributed by atoms with E-state index in [1.807, 2.05) is 30.3 Å². The molecule has 0 aliphatic rings. The second kappa shape index (κ2) is 10.3. The summed E-state index contributed by atoms with van der Waals surface area (Å²) in [6.45, 7) is 0. The van der Waals surface area contributed by atoms with Crippen molar-refractivity contribution in [2.75, 3.05) is 7.11 Å². The number of rotatable bonds is 4. The van der Waals surface area contributed by atoms with Gasteiger partial charge in [0.2, 0.25) is 0 Å². The minimum atomic E-state index is 0.605. The van der Waals surface area contributed by atoms with Crippen LogP contribution >= 0.6 is 0 Å². The van der Waals surface area contributed by atoms with Crippen LogP contribution in [-0.4, -0.2) is 19.7 Å². The topological polar surface area (TPSA) is 43.4 Å². The molecule has 0 bridgehead atoms. The van der Waals surface area contributed by atoms with Crippen LogP contribution in [-0.2, 0) is 0 Å². The number of carbonyl (C=O) groups excluding carboxylic acids is 2. The van der Waals surface area contributed by atoms with Crippen molar-refractivity contribution in [1.82, 2.24) is 0 Å². The monoisotopic (exact) mass is 390 g/mol. The summed E-state index contributed by atoms with van der Waals surface area (Å²) in [5, 5.41) is 0. The molecule has 30 heavy (non-hydrogen) atoms. The number of ether oxygens (including phenoxy) is 1. The average molecular weight is 390 g/mol. The molecule has 0 aliphatic heterocycles. The molecule has 0 aliphatic carbocycles. The molecule has 3 aromatic rings. The number of hydrogen-bond acceptors (Lipinski definition) is 3. The molecule has 0 spiro atoms. The third kappa shape index (κ3) is 5.83. The number of aldehydes is 2. The Kier molecular flexibility index (Phi) is 6.98. The molecule has 0 saturated carbocycles. The Bertz CT molecular complexity index is 1100. The van der Waals surface area contributed by atoms with Crippen LogP contribution in [0.4, 0.5) is 0 Å². The van der Waals surface area contributed by atoms with Crippen LogP contribution in [0.2, 0.25) is 0 Å². The van der Waals surface area contributed by atoms with E-state index in [-0.39, 0.29) is 0 Å². The smallest absolute Gasteiger partial charge is 0.150 e. The van der Waals surface area contributed by atoms with Crippen LogP contribution in [0.5, 0.6) is 5.75 Å². The van der Waals surface area contributed by atoms with E-state index in [4.69, 9.17) is 4.74 Å². The summed E-state index contributed by atoms with van der Waals surface area (Å²) < 4.78 is 5.20. The van der Waals surface area contributed by atoms with Crippen LogP contribution in [0, 0.1) is 23.7 Å². The van der Waals surface area contributed by atoms with Gasteiger partial charge in [-0.3, -0.25) is 9.59 Å². The second-order valence-corrected chi connectivity index (χ2v) is 6.31. The maximum absolute atomic E-state index is 10.8. The molecule has 0 N–H and O–H groups in total. The van der Waals surface area contributed by atoms with Gasteiger partial charge in [0, 0.05) is 22.3 Å². The predicted octanol–water partition coefficient (Wildman–Crippen LogP) is 4.81. The molecule has 3 aromatic carbocycles. The van der Waals surface area contributed by atoms with Crippen LogP contribution in [0.3, 0.4) is 0 Å². The van der Waals surface area contributed by atoms with Crippen molar-refractivity contribution in [2.24, 2.45) is 0 Å². The van der Waals surface area contributed by atoms with Crippen molar-refractivity contribution in [3.8, 4) is 29.4 Å². The summed E-state index contributed by atoms with van der Waals surface area (Å²) in [4.78, 5) is 21.6. The van der Waals surface area contributed by atoms with Gasteiger partial charge >= 0.3 is 0 Å². The highest BCUT2D eigenvalue weighted by molar-refractivity contribution is 5.75. The van der Waals surface area contributed by atoms with Gasteiger partial charge in [0.25, 0.3) is 0 Å². The molecule has 0 fully saturated rings. The first-order valence-electron chi connectivity index (χ1n) is 9.20. The highest BCUT2D eigenvalue weighted by atomic mass is 16.5. The molecule has 0 radical (unpaired) electrons. The van der Waals surface area contributed by atoms with Crippen LogP contribution in [0.15, 0.2) is 78.4 Å². The lowest BCUT2D eigenvalue weighted by Gasteiger charge is -1.99. The third-order valence-electron chi connectivity index (χ3n) is 4.20. The summed E-state index contributed by atoms with van der Waals surface area (Å²) in [7, 11) is 1.62. The standard InChI is InChI=1S/C27H18O3/c1-30-27-16-14-24(15-17-27)18-23(8-2-21-4-10-25(19-28)11-5-21)9-3-22-6-12-26(20-29)13-7-22/h4-7,10-20H,1H3. The van der Waals surface area contributed by atoms with Crippen molar-refractivity contribution < 1.29 is 14.3 Å².